The first-order chi connectivity index (χ1) is 9.32. The largest absolute Gasteiger partial charge is 0.412 e. The van der Waals surface area contributed by atoms with E-state index in [9.17, 15) is 0 Å². The van der Waals surface area contributed by atoms with E-state index in [1.165, 1.54) is 36.2 Å². The number of rotatable bonds is 6. The van der Waals surface area contributed by atoms with Crippen molar-refractivity contribution < 1.29 is 14.4 Å². The molecule has 0 bridgehead atoms. The maximum atomic E-state index is 2.27. The Morgan fingerprint density at radius 1 is 0.714 bits per heavy atom. The predicted octanol–water partition coefficient (Wildman–Crippen LogP) is 2.95. The number of hydrogen-bond donors (Lipinski definition) is 0. The zero-order chi connectivity index (χ0) is 15.6. The van der Waals surface area contributed by atoms with Gasteiger partial charge in [0.05, 0.1) is 47.3 Å². The normalized spacial score (nSPS) is 11.2. The van der Waals surface area contributed by atoms with Crippen LogP contribution in [-0.4, -0.2) is 61.8 Å². The summed E-state index contributed by atoms with van der Waals surface area (Å²) >= 11 is 0. The smallest absolute Gasteiger partial charge is 0.104 e. The van der Waals surface area contributed by atoms with Gasteiger partial charge >= 0.3 is 0 Å². The molecule has 3 nitrogen and oxygen atoms in total. The van der Waals surface area contributed by atoms with Crippen LogP contribution in [0.5, 0.6) is 0 Å². The molecule has 0 aromatic heterocycles. The summed E-state index contributed by atoms with van der Waals surface area (Å²) in [7, 11) is 6.60. The Labute approximate surface area is 132 Å². The average Bonchev–Trinajstić information content (AvgIpc) is 2.42. The van der Waals surface area contributed by atoms with Crippen LogP contribution in [0.4, 0.5) is 0 Å². The monoisotopic (exact) mass is 298 g/mol. The highest BCUT2D eigenvalue weighted by atomic mass is 16.0. The van der Waals surface area contributed by atoms with Gasteiger partial charge < -0.3 is 14.4 Å². The van der Waals surface area contributed by atoms with Gasteiger partial charge in [0.2, 0.25) is 0 Å². The van der Waals surface area contributed by atoms with Gasteiger partial charge in [0.1, 0.15) is 6.54 Å². The molecule has 1 rings (SSSR count). The third-order valence-electron chi connectivity index (χ3n) is 4.18. The first kappa shape index (κ1) is 22.4. The van der Waals surface area contributed by atoms with Gasteiger partial charge in [0.25, 0.3) is 0 Å². The van der Waals surface area contributed by atoms with Crippen LogP contribution in [0.15, 0.2) is 30.3 Å². The molecule has 3 heteroatoms. The fraction of sp³-hybridized carbons (Fsp3) is 0.667. The van der Waals surface area contributed by atoms with Crippen LogP contribution in [0.3, 0.4) is 0 Å². The lowest BCUT2D eigenvalue weighted by molar-refractivity contribution is -0.921. The van der Waals surface area contributed by atoms with E-state index >= 15 is 0 Å². The van der Waals surface area contributed by atoms with Crippen molar-refractivity contribution in [3.8, 4) is 0 Å². The molecule has 0 radical (unpaired) electrons. The Morgan fingerprint density at radius 2 is 1.10 bits per heavy atom. The first-order valence-corrected chi connectivity index (χ1v) is 8.02. The number of quaternary nitrogens is 2. The highest BCUT2D eigenvalue weighted by Crippen LogP contribution is 2.05. The summed E-state index contributed by atoms with van der Waals surface area (Å²) in [6, 6.07) is 10.6. The second-order valence-electron chi connectivity index (χ2n) is 6.54. The molecule has 0 atom stereocenters. The van der Waals surface area contributed by atoms with Gasteiger partial charge in [-0.25, -0.2) is 0 Å². The molecule has 0 aliphatic carbocycles. The third kappa shape index (κ3) is 9.62. The molecular weight excluding hydrogens is 260 g/mol. The quantitative estimate of drug-likeness (QED) is 0.723. The number of nitrogens with zero attached hydrogens (tertiary/aromatic N) is 2. The van der Waals surface area contributed by atoms with Crippen LogP contribution in [0.1, 0.15) is 33.3 Å². The molecule has 0 aliphatic heterocycles. The maximum absolute atomic E-state index is 2.27. The molecule has 0 heterocycles. The molecular formula is C18H38N2O+2. The summed E-state index contributed by atoms with van der Waals surface area (Å²) in [5.74, 6) is 0. The van der Waals surface area contributed by atoms with Gasteiger partial charge in [-0.2, -0.15) is 0 Å². The van der Waals surface area contributed by atoms with E-state index in [-0.39, 0.29) is 5.48 Å². The van der Waals surface area contributed by atoms with Crippen molar-refractivity contribution in [3.63, 3.8) is 0 Å². The summed E-state index contributed by atoms with van der Waals surface area (Å²) in [5, 5.41) is 0. The molecule has 1 aromatic rings. The van der Waals surface area contributed by atoms with E-state index in [0.29, 0.717) is 0 Å². The van der Waals surface area contributed by atoms with Crippen LogP contribution < -0.4 is 0 Å². The summed E-state index contributed by atoms with van der Waals surface area (Å²) in [5.41, 5.74) is 1.40. The Kier molecular flexibility index (Phi) is 11.5. The molecule has 1 aromatic carbocycles. The van der Waals surface area contributed by atoms with Gasteiger partial charge in [-0.05, 0) is 27.7 Å². The van der Waals surface area contributed by atoms with E-state index in [0.717, 1.165) is 11.0 Å². The molecule has 0 amide bonds. The van der Waals surface area contributed by atoms with Gasteiger partial charge in [-0.1, -0.05) is 30.3 Å². The third-order valence-corrected chi connectivity index (χ3v) is 4.18. The molecule has 2 N–H and O–H groups in total. The second kappa shape index (κ2) is 10.8. The van der Waals surface area contributed by atoms with E-state index < -0.39 is 0 Å². The summed E-state index contributed by atoms with van der Waals surface area (Å²) in [6.07, 6.45) is 0. The van der Waals surface area contributed by atoms with E-state index in [1.807, 2.05) is 0 Å². The second-order valence-corrected chi connectivity index (χ2v) is 6.54. The van der Waals surface area contributed by atoms with Crippen molar-refractivity contribution in [1.82, 2.24) is 0 Å². The van der Waals surface area contributed by atoms with Gasteiger partial charge in [-0.15, -0.1) is 0 Å². The SMILES string of the molecule is CC[N+](CC)(CC)CC.C[N+](C)(C)Cc1ccccc1.O. The van der Waals surface area contributed by atoms with Gasteiger partial charge in [0.15, 0.2) is 0 Å². The Balaban J connectivity index is 0. The Hall–Kier alpha value is -0.900. The lowest BCUT2D eigenvalue weighted by atomic mass is 10.2. The lowest BCUT2D eigenvalue weighted by Crippen LogP contribution is -2.47. The summed E-state index contributed by atoms with van der Waals surface area (Å²) in [4.78, 5) is 0. The van der Waals surface area contributed by atoms with Gasteiger partial charge in [-0.3, -0.25) is 0 Å². The van der Waals surface area contributed by atoms with Crippen LogP contribution in [0.25, 0.3) is 0 Å². The average molecular weight is 299 g/mol. The standard InChI is InChI=1S/C10H16N.C8H20N.H2O/c1-11(2,3)9-10-7-5-4-6-8-10;1-5-9(6-2,7-3)8-4;/h4-8H,9H2,1-3H3;5-8H2,1-4H3;1H2/q2*+1;. The fourth-order valence-corrected chi connectivity index (χ4v) is 2.47. The molecule has 124 valence electrons. The summed E-state index contributed by atoms with van der Waals surface area (Å²) in [6.45, 7) is 15.3. The van der Waals surface area contributed by atoms with Crippen LogP contribution >= 0.6 is 0 Å². The maximum Gasteiger partial charge on any atom is 0.104 e. The van der Waals surface area contributed by atoms with Crippen molar-refractivity contribution in [1.29, 1.82) is 0 Å². The molecule has 0 unspecified atom stereocenters. The molecule has 0 fully saturated rings. The van der Waals surface area contributed by atoms with E-state index in [4.69, 9.17) is 0 Å². The Morgan fingerprint density at radius 3 is 1.33 bits per heavy atom. The van der Waals surface area contributed by atoms with Crippen LogP contribution in [0.2, 0.25) is 0 Å². The Bertz CT molecular complexity index is 322. The van der Waals surface area contributed by atoms with E-state index in [2.05, 4.69) is 79.2 Å². The highest BCUT2D eigenvalue weighted by Gasteiger charge is 2.16. The zero-order valence-electron chi connectivity index (χ0n) is 15.3. The van der Waals surface area contributed by atoms with Crippen molar-refractivity contribution in [2.24, 2.45) is 0 Å². The zero-order valence-corrected chi connectivity index (χ0v) is 15.3. The summed E-state index contributed by atoms with van der Waals surface area (Å²) < 4.78 is 2.27. The van der Waals surface area contributed by atoms with Crippen molar-refractivity contribution in [2.75, 3.05) is 47.3 Å². The fourth-order valence-electron chi connectivity index (χ4n) is 2.47. The minimum absolute atomic E-state index is 0. The van der Waals surface area contributed by atoms with E-state index in [1.54, 1.807) is 0 Å². The molecule has 0 saturated heterocycles. The molecule has 0 spiro atoms. The van der Waals surface area contributed by atoms with Crippen molar-refractivity contribution in [2.45, 2.75) is 34.2 Å². The first-order valence-electron chi connectivity index (χ1n) is 8.02. The van der Waals surface area contributed by atoms with Crippen LogP contribution in [0, 0.1) is 0 Å². The predicted molar refractivity (Wildman–Crippen MR) is 94.2 cm³/mol. The van der Waals surface area contributed by atoms with Gasteiger partial charge in [0, 0.05) is 5.56 Å². The van der Waals surface area contributed by atoms with Crippen LogP contribution in [-0.2, 0) is 6.54 Å². The molecule has 0 saturated carbocycles. The number of benzene rings is 1. The minimum atomic E-state index is 0. The van der Waals surface area contributed by atoms with Crippen molar-refractivity contribution >= 4 is 0 Å². The molecule has 0 aliphatic rings. The highest BCUT2D eigenvalue weighted by molar-refractivity contribution is 5.13. The topological polar surface area (TPSA) is 31.5 Å². The molecule has 21 heavy (non-hydrogen) atoms. The lowest BCUT2D eigenvalue weighted by Gasteiger charge is -2.34. The van der Waals surface area contributed by atoms with Crippen molar-refractivity contribution in [3.05, 3.63) is 35.9 Å². The number of hydrogen-bond acceptors (Lipinski definition) is 0. The minimum Gasteiger partial charge on any atom is -0.412 e.